The van der Waals surface area contributed by atoms with Crippen LogP contribution in [0.25, 0.3) is 22.4 Å². The number of hydrogen-bond acceptors (Lipinski definition) is 12. The smallest absolute Gasteiger partial charge is 0.481 e. The highest BCUT2D eigenvalue weighted by molar-refractivity contribution is 7.99. The van der Waals surface area contributed by atoms with E-state index in [1.54, 1.807) is 18.2 Å². The van der Waals surface area contributed by atoms with Gasteiger partial charge in [-0.15, -0.1) is 11.8 Å². The number of aliphatic carboxylic acids is 1. The van der Waals surface area contributed by atoms with Crippen LogP contribution in [0.15, 0.2) is 131 Å². The molecule has 1 aromatic heterocycles. The van der Waals surface area contributed by atoms with Gasteiger partial charge in [0.15, 0.2) is 0 Å². The monoisotopic (exact) mass is 1130 g/mol. The summed E-state index contributed by atoms with van der Waals surface area (Å²) < 4.78 is 74.1. The number of carbonyl (C=O) groups is 2. The lowest BCUT2D eigenvalue weighted by Crippen LogP contribution is -2.46. The van der Waals surface area contributed by atoms with E-state index < -0.39 is 44.1 Å². The molecule has 5 aromatic carbocycles. The molecule has 2 saturated heterocycles. The van der Waals surface area contributed by atoms with Crippen LogP contribution in [0.4, 0.5) is 35.9 Å². The third kappa shape index (κ3) is 13.7. The molecule has 0 radical (unpaired) electrons. The fraction of sp³-hybridized carbons (Fsp3) is 0.357. The zero-order valence-corrected chi connectivity index (χ0v) is 46.3. The van der Waals surface area contributed by atoms with E-state index in [1.165, 1.54) is 17.8 Å². The molecule has 2 aliphatic rings. The summed E-state index contributed by atoms with van der Waals surface area (Å²) in [4.78, 5) is 35.6. The van der Waals surface area contributed by atoms with Crippen molar-refractivity contribution in [3.8, 4) is 22.4 Å². The molecule has 8 rings (SSSR count). The molecule has 0 bridgehead atoms. The Kier molecular flexibility index (Phi) is 18.9. The van der Waals surface area contributed by atoms with E-state index in [-0.39, 0.29) is 39.2 Å². The van der Waals surface area contributed by atoms with Gasteiger partial charge in [0.2, 0.25) is 0 Å². The standard InChI is InChI=1S/C56H63ClF3N6O8PS2/c1-37(2)66-38(3)51(55(69)70)52(53(66)39-12-14-42(57)15-13-39)41-8-7-9-46(34-41)64-30-28-63(29-31-64)44-16-18-45(19-17-44)65(32-33-74-71)75-47-20-21-49(50(35-47)77(72,73)56(58,59)60)61-43(36-76-48-10-5-4-6-11-48)24-27-62-25-22-40(23-26-62)54(67)68/h4-21,34-35,37,40,43,61,71,75H,22-33,36H2,1-3H3,(H,67,68)(H,69,70)/t43-/m1/s1. The minimum absolute atomic E-state index is 0.0204. The Balaban J connectivity index is 0.982. The first-order chi connectivity index (χ1) is 36.8. The number of benzene rings is 5. The van der Waals surface area contributed by atoms with Crippen molar-refractivity contribution in [2.24, 2.45) is 5.92 Å². The summed E-state index contributed by atoms with van der Waals surface area (Å²) in [6.07, 6.45) is 1.44. The van der Waals surface area contributed by atoms with Crippen molar-refractivity contribution in [2.45, 2.75) is 67.4 Å². The van der Waals surface area contributed by atoms with Crippen LogP contribution in [0, 0.1) is 12.8 Å². The van der Waals surface area contributed by atoms with Crippen LogP contribution in [0.5, 0.6) is 0 Å². The molecule has 77 heavy (non-hydrogen) atoms. The third-order valence-corrected chi connectivity index (χ3v) is 18.4. The number of hydrogen-bond donors (Lipinski definition) is 4. The number of carboxylic acid groups (broad SMARTS) is 2. The van der Waals surface area contributed by atoms with Gasteiger partial charge in [-0.2, -0.15) is 13.2 Å². The number of aromatic nitrogens is 1. The van der Waals surface area contributed by atoms with E-state index in [0.29, 0.717) is 98.1 Å². The number of likely N-dealkylation sites (tertiary alicyclic amines) is 1. The average molecular weight is 1140 g/mol. The van der Waals surface area contributed by atoms with Gasteiger partial charge in [0, 0.05) is 104 Å². The number of carboxylic acids is 2. The molecule has 0 spiro atoms. The summed E-state index contributed by atoms with van der Waals surface area (Å²) in [7, 11) is -6.19. The van der Waals surface area contributed by atoms with Crippen LogP contribution in [-0.4, -0.2) is 122 Å². The molecular weight excluding hydrogens is 1070 g/mol. The summed E-state index contributed by atoms with van der Waals surface area (Å²) in [5.41, 5.74) is 0.821. The van der Waals surface area contributed by atoms with Gasteiger partial charge in [-0.05, 0) is 142 Å². The van der Waals surface area contributed by atoms with Gasteiger partial charge in [-0.25, -0.2) is 18.1 Å². The molecule has 0 amide bonds. The predicted octanol–water partition coefficient (Wildman–Crippen LogP) is 11.7. The molecule has 21 heteroatoms. The lowest BCUT2D eigenvalue weighted by atomic mass is 9.96. The number of nitrogens with zero attached hydrogens (tertiary/aromatic N) is 5. The summed E-state index contributed by atoms with van der Waals surface area (Å²) in [6, 6.07) is 36.1. The number of thioether (sulfide) groups is 1. The molecule has 3 heterocycles. The molecule has 4 N–H and O–H groups in total. The number of anilines is 4. The lowest BCUT2D eigenvalue weighted by molar-refractivity contribution is -0.239. The number of aromatic carboxylic acids is 1. The van der Waals surface area contributed by atoms with Gasteiger partial charge in [0.1, 0.15) is 0 Å². The molecule has 14 nitrogen and oxygen atoms in total. The number of piperazine rings is 1. The van der Waals surface area contributed by atoms with Gasteiger partial charge in [-0.3, -0.25) is 10.1 Å². The summed E-state index contributed by atoms with van der Waals surface area (Å²) in [5.74, 6) is -1.84. The van der Waals surface area contributed by atoms with Crippen molar-refractivity contribution in [1.29, 1.82) is 0 Å². The van der Waals surface area contributed by atoms with Gasteiger partial charge >= 0.3 is 17.4 Å². The third-order valence-electron chi connectivity index (χ3n) is 14.1. The Hall–Kier alpha value is -5.79. The Morgan fingerprint density at radius 3 is 2.12 bits per heavy atom. The summed E-state index contributed by atoms with van der Waals surface area (Å²) in [6.45, 7) is 10.2. The molecule has 1 unspecified atom stereocenters. The lowest BCUT2D eigenvalue weighted by Gasteiger charge is -2.37. The first-order valence-corrected chi connectivity index (χ1v) is 29.2. The van der Waals surface area contributed by atoms with Crippen LogP contribution >= 0.6 is 32.1 Å². The summed E-state index contributed by atoms with van der Waals surface area (Å²) >= 11 is 7.77. The number of alkyl halides is 3. The Bertz CT molecular complexity index is 3100. The molecule has 2 atom stereocenters. The molecular formula is C56H63ClF3N6O8PS2. The van der Waals surface area contributed by atoms with Gasteiger partial charge in [0.05, 0.1) is 34.4 Å². The Labute approximate surface area is 458 Å². The highest BCUT2D eigenvalue weighted by atomic mass is 35.5. The molecule has 0 aliphatic carbocycles. The predicted molar refractivity (Wildman–Crippen MR) is 303 cm³/mol. The number of piperidine rings is 1. The summed E-state index contributed by atoms with van der Waals surface area (Å²) in [5, 5.41) is 33.5. The zero-order chi connectivity index (χ0) is 55.0. The quantitative estimate of drug-likeness (QED) is 0.0219. The van der Waals surface area contributed by atoms with E-state index in [0.717, 1.165) is 39.2 Å². The second-order valence-electron chi connectivity index (χ2n) is 19.5. The van der Waals surface area contributed by atoms with Gasteiger partial charge in [-0.1, -0.05) is 60.1 Å². The number of halogens is 4. The van der Waals surface area contributed by atoms with Crippen molar-refractivity contribution in [3.63, 3.8) is 0 Å². The number of sulfone groups is 1. The average Bonchev–Trinajstić information content (AvgIpc) is 3.78. The van der Waals surface area contributed by atoms with E-state index in [1.807, 2.05) is 110 Å². The second-order valence-corrected chi connectivity index (χ2v) is 24.2. The van der Waals surface area contributed by atoms with Crippen LogP contribution in [0.2, 0.25) is 5.02 Å². The fourth-order valence-electron chi connectivity index (χ4n) is 10.2. The largest absolute Gasteiger partial charge is 0.501 e. The molecule has 2 fully saturated rings. The molecule has 0 saturated carbocycles. The molecule has 6 aromatic rings. The SMILES string of the molecule is Cc1c(C(=O)O)c(-c2cccc(N3CCN(c4ccc(N(CCOO)Pc5ccc(N[C@H](CCN6CCC(C(=O)O)CC6)CSc6ccccc6)c(S(=O)(=O)C(F)(F)F)c5)cc4)CC3)c2)c(-c2ccc(Cl)cc2)n1C(C)C. The van der Waals surface area contributed by atoms with E-state index in [4.69, 9.17) is 11.6 Å². The van der Waals surface area contributed by atoms with E-state index >= 15 is 0 Å². The van der Waals surface area contributed by atoms with Gasteiger partial charge < -0.3 is 39.5 Å². The van der Waals surface area contributed by atoms with Crippen molar-refractivity contribution in [3.05, 3.63) is 138 Å². The minimum Gasteiger partial charge on any atom is -0.481 e. The van der Waals surface area contributed by atoms with Crippen LogP contribution in [0.3, 0.4) is 0 Å². The van der Waals surface area contributed by atoms with Crippen LogP contribution in [-0.2, 0) is 19.5 Å². The van der Waals surface area contributed by atoms with Crippen LogP contribution < -0.4 is 25.1 Å². The van der Waals surface area contributed by atoms with Crippen molar-refractivity contribution in [1.82, 2.24) is 9.47 Å². The Morgan fingerprint density at radius 1 is 0.844 bits per heavy atom. The normalized spacial score (nSPS) is 15.4. The first kappa shape index (κ1) is 57.4. The minimum atomic E-state index is -5.84. The van der Waals surface area contributed by atoms with Crippen molar-refractivity contribution in [2.75, 3.05) is 84.5 Å². The van der Waals surface area contributed by atoms with E-state index in [9.17, 15) is 46.6 Å². The van der Waals surface area contributed by atoms with E-state index in [2.05, 4.69) is 35.5 Å². The van der Waals surface area contributed by atoms with Crippen molar-refractivity contribution >= 4 is 81.9 Å². The van der Waals surface area contributed by atoms with Crippen LogP contribution in [0.1, 0.15) is 55.2 Å². The first-order valence-electron chi connectivity index (χ1n) is 25.4. The number of rotatable bonds is 22. The number of nitrogens with one attached hydrogen (secondary N) is 1. The van der Waals surface area contributed by atoms with Crippen molar-refractivity contribution < 1.29 is 51.5 Å². The Morgan fingerprint density at radius 2 is 1.51 bits per heavy atom. The fourth-order valence-corrected chi connectivity index (χ4v) is 13.5. The maximum absolute atomic E-state index is 14.5. The highest BCUT2D eigenvalue weighted by Crippen LogP contribution is 2.43. The maximum Gasteiger partial charge on any atom is 0.501 e. The van der Waals surface area contributed by atoms with Gasteiger partial charge in [0.25, 0.3) is 9.84 Å². The zero-order valence-electron chi connectivity index (χ0n) is 42.9. The maximum atomic E-state index is 14.5. The molecule has 410 valence electrons. The molecule has 2 aliphatic heterocycles. The second kappa shape index (κ2) is 25.3. The topological polar surface area (TPSA) is 168 Å². The highest BCUT2D eigenvalue weighted by Gasteiger charge is 2.48.